The van der Waals surface area contributed by atoms with Gasteiger partial charge in [0.05, 0.1) is 11.4 Å². The van der Waals surface area contributed by atoms with Crippen molar-refractivity contribution >= 4 is 17.8 Å². The molecule has 0 aliphatic heterocycles. The molecule has 1 aromatic carbocycles. The Hall–Kier alpha value is -2.36. The number of pyridine rings is 1. The Morgan fingerprint density at radius 2 is 2.11 bits per heavy atom. The quantitative estimate of drug-likeness (QED) is 0.824. The van der Waals surface area contributed by atoms with Gasteiger partial charge in [-0.1, -0.05) is 12.1 Å². The fourth-order valence-corrected chi connectivity index (χ4v) is 1.91. The van der Waals surface area contributed by atoms with Crippen molar-refractivity contribution in [3.63, 3.8) is 0 Å². The van der Waals surface area contributed by atoms with Crippen molar-refractivity contribution in [2.24, 2.45) is 0 Å². The summed E-state index contributed by atoms with van der Waals surface area (Å²) in [6, 6.07) is 9.38. The van der Waals surface area contributed by atoms with Crippen molar-refractivity contribution in [3.05, 3.63) is 41.5 Å². The molecule has 2 rings (SSSR count). The van der Waals surface area contributed by atoms with Gasteiger partial charge in [0.15, 0.2) is 0 Å². The first kappa shape index (κ1) is 13.1. The van der Waals surface area contributed by atoms with E-state index in [2.05, 4.69) is 10.3 Å². The van der Waals surface area contributed by atoms with Gasteiger partial charge in [-0.15, -0.1) is 0 Å². The molecule has 0 aliphatic carbocycles. The molecule has 0 aliphatic rings. The van der Waals surface area contributed by atoms with Gasteiger partial charge >= 0.3 is 0 Å². The topological polar surface area (TPSA) is 68.0 Å². The molecule has 19 heavy (non-hydrogen) atoms. The number of hydrogen-bond acceptors (Lipinski definition) is 4. The van der Waals surface area contributed by atoms with E-state index in [-0.39, 0.29) is 0 Å². The first-order chi connectivity index (χ1) is 9.15. The summed E-state index contributed by atoms with van der Waals surface area (Å²) in [4.78, 5) is 15.3. The van der Waals surface area contributed by atoms with Gasteiger partial charge in [0.25, 0.3) is 0 Å². The van der Waals surface area contributed by atoms with Gasteiger partial charge in [-0.25, -0.2) is 4.98 Å². The number of nitrogens with zero attached hydrogens (tertiary/aromatic N) is 1. The van der Waals surface area contributed by atoms with Gasteiger partial charge in [0.1, 0.15) is 12.1 Å². The highest BCUT2D eigenvalue weighted by atomic mass is 16.1. The molecule has 2 aromatic rings. The molecular weight excluding hydrogens is 238 g/mol. The third kappa shape index (κ3) is 2.73. The SMILES string of the molecule is CCNc1nc(-c2ccc(C=O)c(C)c2)ccc1N. The lowest BCUT2D eigenvalue weighted by Gasteiger charge is -2.09. The smallest absolute Gasteiger partial charge is 0.150 e. The number of carbonyl (C=O) groups excluding carboxylic acids is 1. The Morgan fingerprint density at radius 1 is 1.32 bits per heavy atom. The molecule has 0 atom stereocenters. The van der Waals surface area contributed by atoms with Crippen LogP contribution in [0.15, 0.2) is 30.3 Å². The maximum atomic E-state index is 10.8. The molecule has 0 amide bonds. The summed E-state index contributed by atoms with van der Waals surface area (Å²) in [6.07, 6.45) is 0.861. The molecule has 4 nitrogen and oxygen atoms in total. The molecule has 98 valence electrons. The van der Waals surface area contributed by atoms with E-state index in [9.17, 15) is 4.79 Å². The van der Waals surface area contributed by atoms with E-state index in [1.54, 1.807) is 0 Å². The highest BCUT2D eigenvalue weighted by Gasteiger charge is 2.06. The molecule has 0 fully saturated rings. The molecule has 1 heterocycles. The predicted octanol–water partition coefficient (Wildman–Crippen LogP) is 2.88. The molecule has 0 radical (unpaired) electrons. The molecule has 1 aromatic heterocycles. The van der Waals surface area contributed by atoms with E-state index < -0.39 is 0 Å². The first-order valence-electron chi connectivity index (χ1n) is 6.22. The summed E-state index contributed by atoms with van der Waals surface area (Å²) in [6.45, 7) is 4.68. The zero-order valence-corrected chi connectivity index (χ0v) is 11.1. The number of rotatable bonds is 4. The van der Waals surface area contributed by atoms with E-state index in [0.717, 1.165) is 29.7 Å². The fourth-order valence-electron chi connectivity index (χ4n) is 1.91. The second-order valence-corrected chi connectivity index (χ2v) is 4.35. The number of nitrogens with one attached hydrogen (secondary N) is 1. The van der Waals surface area contributed by atoms with Crippen LogP contribution in [0.3, 0.4) is 0 Å². The number of benzene rings is 1. The maximum Gasteiger partial charge on any atom is 0.150 e. The summed E-state index contributed by atoms with van der Waals surface area (Å²) in [5, 5.41) is 3.13. The minimum absolute atomic E-state index is 0.631. The second kappa shape index (κ2) is 5.52. The van der Waals surface area contributed by atoms with E-state index >= 15 is 0 Å². The monoisotopic (exact) mass is 255 g/mol. The van der Waals surface area contributed by atoms with Crippen molar-refractivity contribution in [2.75, 3.05) is 17.6 Å². The third-order valence-electron chi connectivity index (χ3n) is 2.96. The van der Waals surface area contributed by atoms with Crippen LogP contribution in [0.1, 0.15) is 22.8 Å². The average molecular weight is 255 g/mol. The predicted molar refractivity (Wildman–Crippen MR) is 78.4 cm³/mol. The van der Waals surface area contributed by atoms with Crippen LogP contribution in [0.25, 0.3) is 11.3 Å². The highest BCUT2D eigenvalue weighted by Crippen LogP contribution is 2.24. The van der Waals surface area contributed by atoms with Crippen LogP contribution in [0.2, 0.25) is 0 Å². The van der Waals surface area contributed by atoms with Gasteiger partial charge in [-0.2, -0.15) is 0 Å². The van der Waals surface area contributed by atoms with Crippen molar-refractivity contribution in [1.29, 1.82) is 0 Å². The van der Waals surface area contributed by atoms with Gasteiger partial charge in [-0.05, 0) is 37.6 Å². The number of aryl methyl sites for hydroxylation is 1. The number of anilines is 2. The van der Waals surface area contributed by atoms with Gasteiger partial charge < -0.3 is 11.1 Å². The Kier molecular flexibility index (Phi) is 3.80. The summed E-state index contributed by atoms with van der Waals surface area (Å²) < 4.78 is 0. The van der Waals surface area contributed by atoms with Crippen LogP contribution in [0.5, 0.6) is 0 Å². The first-order valence-corrected chi connectivity index (χ1v) is 6.22. The van der Waals surface area contributed by atoms with Gasteiger partial charge in [0.2, 0.25) is 0 Å². The molecule has 0 spiro atoms. The number of aldehydes is 1. The van der Waals surface area contributed by atoms with Crippen molar-refractivity contribution < 1.29 is 4.79 Å². The zero-order chi connectivity index (χ0) is 13.8. The number of carbonyl (C=O) groups is 1. The lowest BCUT2D eigenvalue weighted by molar-refractivity contribution is 0.112. The van der Waals surface area contributed by atoms with Crippen molar-refractivity contribution in [3.8, 4) is 11.3 Å². The van der Waals surface area contributed by atoms with Crippen LogP contribution >= 0.6 is 0 Å². The molecule has 0 saturated carbocycles. The molecular formula is C15H17N3O. The molecule has 0 bridgehead atoms. The normalized spacial score (nSPS) is 10.2. The molecule has 4 heteroatoms. The zero-order valence-electron chi connectivity index (χ0n) is 11.1. The van der Waals surface area contributed by atoms with Crippen molar-refractivity contribution in [2.45, 2.75) is 13.8 Å². The number of nitrogen functional groups attached to an aromatic ring is 1. The van der Waals surface area contributed by atoms with E-state index in [1.165, 1.54) is 0 Å². The standard InChI is InChI=1S/C15H17N3O/c1-3-17-15-13(16)6-7-14(18-15)11-4-5-12(9-19)10(2)8-11/h4-9H,3,16H2,1-2H3,(H,17,18). The third-order valence-corrected chi connectivity index (χ3v) is 2.96. The summed E-state index contributed by atoms with van der Waals surface area (Å²) in [5.74, 6) is 0.692. The molecule has 3 N–H and O–H groups in total. The number of hydrogen-bond donors (Lipinski definition) is 2. The summed E-state index contributed by atoms with van der Waals surface area (Å²) in [5.41, 5.74) is 9.94. The van der Waals surface area contributed by atoms with E-state index in [1.807, 2.05) is 44.2 Å². The van der Waals surface area contributed by atoms with Crippen LogP contribution in [0, 0.1) is 6.92 Å². The second-order valence-electron chi connectivity index (χ2n) is 4.35. The maximum absolute atomic E-state index is 10.8. The van der Waals surface area contributed by atoms with Crippen LogP contribution in [0.4, 0.5) is 11.5 Å². The molecule has 0 saturated heterocycles. The summed E-state index contributed by atoms with van der Waals surface area (Å²) in [7, 11) is 0. The average Bonchev–Trinajstić information content (AvgIpc) is 2.41. The largest absolute Gasteiger partial charge is 0.396 e. The number of nitrogens with two attached hydrogens (primary N) is 1. The number of aromatic nitrogens is 1. The minimum atomic E-state index is 0.631. The Morgan fingerprint density at radius 3 is 2.74 bits per heavy atom. The fraction of sp³-hybridized carbons (Fsp3) is 0.200. The lowest BCUT2D eigenvalue weighted by atomic mass is 10.0. The van der Waals surface area contributed by atoms with Crippen LogP contribution in [-0.4, -0.2) is 17.8 Å². The Balaban J connectivity index is 2.44. The summed E-state index contributed by atoms with van der Waals surface area (Å²) >= 11 is 0. The van der Waals surface area contributed by atoms with E-state index in [4.69, 9.17) is 5.73 Å². The van der Waals surface area contributed by atoms with Crippen LogP contribution in [-0.2, 0) is 0 Å². The Labute approximate surface area is 112 Å². The van der Waals surface area contributed by atoms with Crippen molar-refractivity contribution in [1.82, 2.24) is 4.98 Å². The Bertz CT molecular complexity index is 608. The molecule has 0 unspecified atom stereocenters. The van der Waals surface area contributed by atoms with Crippen LogP contribution < -0.4 is 11.1 Å². The van der Waals surface area contributed by atoms with Gasteiger partial charge in [0, 0.05) is 17.7 Å². The lowest BCUT2D eigenvalue weighted by Crippen LogP contribution is -2.04. The minimum Gasteiger partial charge on any atom is -0.396 e. The van der Waals surface area contributed by atoms with E-state index in [0.29, 0.717) is 17.1 Å². The van der Waals surface area contributed by atoms with Gasteiger partial charge in [-0.3, -0.25) is 4.79 Å². The highest BCUT2D eigenvalue weighted by molar-refractivity contribution is 5.79.